The van der Waals surface area contributed by atoms with Crippen molar-refractivity contribution in [1.82, 2.24) is 10.2 Å². The maximum absolute atomic E-state index is 12.9. The number of hydrogen-bond acceptors (Lipinski definition) is 5. The van der Waals surface area contributed by atoms with Crippen molar-refractivity contribution in [1.29, 1.82) is 0 Å². The predicted octanol–water partition coefficient (Wildman–Crippen LogP) is 9.52. The molecule has 0 radical (unpaired) electrons. The number of amides is 1. The van der Waals surface area contributed by atoms with Crippen LogP contribution in [0, 0.1) is 0 Å². The first kappa shape index (κ1) is 37.2. The van der Waals surface area contributed by atoms with Gasteiger partial charge >= 0.3 is 5.97 Å². The molecule has 0 rings (SSSR count). The molecule has 0 saturated heterocycles. The van der Waals surface area contributed by atoms with Gasteiger partial charge in [-0.3, -0.25) is 9.59 Å². The van der Waals surface area contributed by atoms with Crippen LogP contribution in [0.25, 0.3) is 0 Å². The highest BCUT2D eigenvalue weighted by atomic mass is 32.2. The molecule has 226 valence electrons. The number of carbonyl (C=O) groups is 2. The third-order valence-electron chi connectivity index (χ3n) is 7.36. The third-order valence-corrected chi connectivity index (χ3v) is 8.53. The molecule has 0 aliphatic rings. The van der Waals surface area contributed by atoms with Crippen LogP contribution in [0.4, 0.5) is 4.79 Å². The van der Waals surface area contributed by atoms with Gasteiger partial charge in [0.05, 0.1) is 0 Å². The highest BCUT2D eigenvalue weighted by molar-refractivity contribution is 8.13. The average Bonchev–Trinajstić information content (AvgIpc) is 2.92. The minimum absolute atomic E-state index is 0.0601. The Kier molecular flexibility index (Phi) is 27.3. The summed E-state index contributed by atoms with van der Waals surface area (Å²) < 4.78 is 5.94. The second-order valence-electron chi connectivity index (χ2n) is 11.1. The minimum Gasteiger partial charge on any atom is -0.462 e. The molecule has 1 unspecified atom stereocenters. The molecule has 1 atom stereocenters. The van der Waals surface area contributed by atoms with Crippen LogP contribution in [0.5, 0.6) is 0 Å². The maximum Gasteiger partial charge on any atom is 0.306 e. The highest BCUT2D eigenvalue weighted by Gasteiger charge is 2.18. The van der Waals surface area contributed by atoms with E-state index < -0.39 is 0 Å². The van der Waals surface area contributed by atoms with E-state index in [0.717, 1.165) is 44.4 Å². The standard InChI is InChI=1S/C32H64N2O3S/c1-6-9-12-15-16-17-18-21-26-34(32(36)38-28-29(4)33-5)27-22-25-31(35)37-30(23-19-13-10-7-2)24-20-14-11-8-3/h29-30,33H,6-28H2,1-5H3. The molecular formula is C32H64N2O3S. The van der Waals surface area contributed by atoms with E-state index in [1.807, 2.05) is 11.9 Å². The van der Waals surface area contributed by atoms with E-state index in [1.54, 1.807) is 0 Å². The van der Waals surface area contributed by atoms with E-state index >= 15 is 0 Å². The molecule has 0 saturated carbocycles. The van der Waals surface area contributed by atoms with Gasteiger partial charge in [0, 0.05) is 31.3 Å². The van der Waals surface area contributed by atoms with E-state index in [0.29, 0.717) is 25.4 Å². The van der Waals surface area contributed by atoms with Crippen LogP contribution in [0.3, 0.4) is 0 Å². The van der Waals surface area contributed by atoms with Gasteiger partial charge in [-0.05, 0) is 52.5 Å². The lowest BCUT2D eigenvalue weighted by atomic mass is 10.0. The van der Waals surface area contributed by atoms with Crippen molar-refractivity contribution < 1.29 is 14.3 Å². The predicted molar refractivity (Wildman–Crippen MR) is 167 cm³/mol. The molecule has 0 aromatic carbocycles. The Morgan fingerprint density at radius 2 is 1.18 bits per heavy atom. The Labute approximate surface area is 241 Å². The lowest BCUT2D eigenvalue weighted by molar-refractivity contribution is -0.150. The number of ether oxygens (including phenoxy) is 1. The summed E-state index contributed by atoms with van der Waals surface area (Å²) in [6.45, 7) is 10.2. The van der Waals surface area contributed by atoms with Crippen molar-refractivity contribution in [3.8, 4) is 0 Å². The Morgan fingerprint density at radius 3 is 1.71 bits per heavy atom. The van der Waals surface area contributed by atoms with Gasteiger partial charge in [-0.15, -0.1) is 0 Å². The summed E-state index contributed by atoms with van der Waals surface area (Å²) >= 11 is 1.40. The normalized spacial score (nSPS) is 12.2. The SMILES string of the molecule is CCCCCCCCCCN(CCCC(=O)OC(CCCCCC)CCCCCC)C(=O)SCC(C)NC. The summed E-state index contributed by atoms with van der Waals surface area (Å²) in [7, 11) is 1.93. The number of hydrogen-bond donors (Lipinski definition) is 1. The minimum atomic E-state index is -0.0862. The molecule has 0 fully saturated rings. The lowest BCUT2D eigenvalue weighted by Gasteiger charge is -2.23. The average molecular weight is 557 g/mol. The molecule has 0 aliphatic heterocycles. The van der Waals surface area contributed by atoms with E-state index in [4.69, 9.17) is 4.74 Å². The molecule has 1 amide bonds. The molecule has 0 spiro atoms. The van der Waals surface area contributed by atoms with Gasteiger partial charge in [0.15, 0.2) is 0 Å². The van der Waals surface area contributed by atoms with E-state index in [1.165, 1.54) is 95.2 Å². The molecule has 6 heteroatoms. The second kappa shape index (κ2) is 27.8. The first-order valence-corrected chi connectivity index (χ1v) is 17.2. The largest absolute Gasteiger partial charge is 0.462 e. The number of rotatable bonds is 27. The second-order valence-corrected chi connectivity index (χ2v) is 12.1. The Hall–Kier alpha value is -0.750. The van der Waals surface area contributed by atoms with Crippen molar-refractivity contribution in [3.05, 3.63) is 0 Å². The molecule has 0 aromatic heterocycles. The summed E-state index contributed by atoms with van der Waals surface area (Å²) in [5.74, 6) is 0.681. The third kappa shape index (κ3) is 23.2. The first-order valence-electron chi connectivity index (χ1n) is 16.3. The van der Waals surface area contributed by atoms with Crippen molar-refractivity contribution in [2.45, 2.75) is 168 Å². The van der Waals surface area contributed by atoms with Crippen LogP contribution in [-0.4, -0.2) is 54.1 Å². The topological polar surface area (TPSA) is 58.6 Å². The fourth-order valence-corrected chi connectivity index (χ4v) is 5.55. The van der Waals surface area contributed by atoms with Crippen molar-refractivity contribution in [2.24, 2.45) is 0 Å². The van der Waals surface area contributed by atoms with Gasteiger partial charge in [-0.2, -0.15) is 0 Å². The lowest BCUT2D eigenvalue weighted by Crippen LogP contribution is -2.32. The Balaban J connectivity index is 4.60. The van der Waals surface area contributed by atoms with Gasteiger partial charge in [0.2, 0.25) is 0 Å². The van der Waals surface area contributed by atoms with Crippen molar-refractivity contribution in [3.63, 3.8) is 0 Å². The van der Waals surface area contributed by atoms with E-state index in [9.17, 15) is 9.59 Å². The zero-order chi connectivity index (χ0) is 28.3. The molecular weight excluding hydrogens is 492 g/mol. The number of nitrogens with zero attached hydrogens (tertiary/aromatic N) is 1. The molecule has 0 aliphatic carbocycles. The molecule has 38 heavy (non-hydrogen) atoms. The van der Waals surface area contributed by atoms with Gasteiger partial charge in [0.25, 0.3) is 5.24 Å². The summed E-state index contributed by atoms with van der Waals surface area (Å²) in [6, 6.07) is 0.301. The monoisotopic (exact) mass is 556 g/mol. The van der Waals surface area contributed by atoms with Crippen LogP contribution in [0.2, 0.25) is 0 Å². The molecule has 0 bridgehead atoms. The van der Waals surface area contributed by atoms with Crippen LogP contribution in [0.1, 0.15) is 156 Å². The number of nitrogens with one attached hydrogen (secondary N) is 1. The van der Waals surface area contributed by atoms with Crippen LogP contribution in [0.15, 0.2) is 0 Å². The Bertz CT molecular complexity index is 535. The molecule has 5 nitrogen and oxygen atoms in total. The number of esters is 1. The fourth-order valence-electron chi connectivity index (χ4n) is 4.62. The summed E-state index contributed by atoms with van der Waals surface area (Å²) in [5, 5.41) is 3.35. The van der Waals surface area contributed by atoms with Crippen LogP contribution < -0.4 is 5.32 Å². The number of thioether (sulfide) groups is 1. The quantitative estimate of drug-likeness (QED) is 0.0806. The Morgan fingerprint density at radius 1 is 0.711 bits per heavy atom. The van der Waals surface area contributed by atoms with Crippen molar-refractivity contribution >= 4 is 23.0 Å². The maximum atomic E-state index is 12.9. The zero-order valence-electron chi connectivity index (χ0n) is 26.0. The van der Waals surface area contributed by atoms with Gasteiger partial charge < -0.3 is 15.0 Å². The highest BCUT2D eigenvalue weighted by Crippen LogP contribution is 2.18. The number of unbranched alkanes of at least 4 members (excludes halogenated alkanes) is 13. The summed E-state index contributed by atoms with van der Waals surface area (Å²) in [4.78, 5) is 27.6. The zero-order valence-corrected chi connectivity index (χ0v) is 26.8. The van der Waals surface area contributed by atoms with E-state index in [-0.39, 0.29) is 17.3 Å². The summed E-state index contributed by atoms with van der Waals surface area (Å²) in [5.41, 5.74) is 0. The van der Waals surface area contributed by atoms with Gasteiger partial charge in [-0.25, -0.2) is 0 Å². The van der Waals surface area contributed by atoms with Crippen molar-refractivity contribution in [2.75, 3.05) is 25.9 Å². The van der Waals surface area contributed by atoms with Crippen LogP contribution >= 0.6 is 11.8 Å². The molecule has 0 aromatic rings. The molecule has 0 heterocycles. The fraction of sp³-hybridized carbons (Fsp3) is 0.938. The first-order chi connectivity index (χ1) is 18.5. The summed E-state index contributed by atoms with van der Waals surface area (Å²) in [6.07, 6.45) is 22.9. The smallest absolute Gasteiger partial charge is 0.306 e. The van der Waals surface area contributed by atoms with Crippen LogP contribution in [-0.2, 0) is 9.53 Å². The van der Waals surface area contributed by atoms with Gasteiger partial charge in [-0.1, -0.05) is 116 Å². The molecule has 1 N–H and O–H groups in total. The number of carbonyl (C=O) groups excluding carboxylic acids is 2. The van der Waals surface area contributed by atoms with E-state index in [2.05, 4.69) is 33.0 Å². The van der Waals surface area contributed by atoms with Gasteiger partial charge in [0.1, 0.15) is 6.10 Å².